The van der Waals surface area contributed by atoms with Crippen LogP contribution >= 0.6 is 0 Å². The summed E-state index contributed by atoms with van der Waals surface area (Å²) in [6, 6.07) is 6.28. The number of hydrogen-bond acceptors (Lipinski definition) is 6. The van der Waals surface area contributed by atoms with Crippen molar-refractivity contribution >= 4 is 0 Å². The molecule has 0 heterocycles. The van der Waals surface area contributed by atoms with E-state index in [-0.39, 0.29) is 6.04 Å². The van der Waals surface area contributed by atoms with Crippen LogP contribution < -0.4 is 20.5 Å². The summed E-state index contributed by atoms with van der Waals surface area (Å²) in [6.45, 7) is 10.6. The van der Waals surface area contributed by atoms with E-state index >= 15 is 0 Å². The highest BCUT2D eigenvalue weighted by Gasteiger charge is 2.23. The summed E-state index contributed by atoms with van der Waals surface area (Å²) in [7, 11) is 3.35. The molecule has 0 aliphatic heterocycles. The summed E-state index contributed by atoms with van der Waals surface area (Å²) in [4.78, 5) is 0. The van der Waals surface area contributed by atoms with Crippen molar-refractivity contribution in [1.82, 2.24) is 5.32 Å². The first-order valence-electron chi connectivity index (χ1n) is 12.3. The third kappa shape index (κ3) is 11.0. The number of methoxy groups -OCH3 is 2. The number of nitrogens with one attached hydrogen (secondary N) is 1. The molecule has 32 heavy (non-hydrogen) atoms. The van der Waals surface area contributed by atoms with Crippen molar-refractivity contribution in [1.29, 1.82) is 0 Å². The Kier molecular flexibility index (Phi) is 14.6. The first-order chi connectivity index (χ1) is 15.3. The van der Waals surface area contributed by atoms with Crippen LogP contribution in [0.1, 0.15) is 65.4 Å². The standard InChI is InChI=1S/C26H48N2O4/c1-7-8-10-20(4)28-18-24(29)23(27)17-22(19(2)3)15-21-11-12-25(31-6)26(16-21)32-14-9-13-30-5/h11-12,16,19-20,22-24,28-29H,7-10,13-15,17-18,27H2,1-6H3/t20-,22+,23+,24+/m1/s1. The van der Waals surface area contributed by atoms with Crippen molar-refractivity contribution in [2.75, 3.05) is 34.0 Å². The van der Waals surface area contributed by atoms with Crippen LogP contribution in [0.5, 0.6) is 11.5 Å². The van der Waals surface area contributed by atoms with Gasteiger partial charge in [0.25, 0.3) is 0 Å². The summed E-state index contributed by atoms with van der Waals surface area (Å²) >= 11 is 0. The maximum atomic E-state index is 10.6. The van der Waals surface area contributed by atoms with Crippen molar-refractivity contribution in [2.45, 2.75) is 84.4 Å². The molecule has 0 saturated carbocycles. The summed E-state index contributed by atoms with van der Waals surface area (Å²) < 4.78 is 16.5. The molecule has 4 atom stereocenters. The maximum Gasteiger partial charge on any atom is 0.161 e. The lowest BCUT2D eigenvalue weighted by Crippen LogP contribution is -2.45. The summed E-state index contributed by atoms with van der Waals surface area (Å²) in [5, 5.41) is 14.0. The predicted octanol–water partition coefficient (Wildman–Crippen LogP) is 4.17. The Morgan fingerprint density at radius 3 is 2.44 bits per heavy atom. The molecule has 0 radical (unpaired) electrons. The van der Waals surface area contributed by atoms with Crippen LogP contribution in [-0.2, 0) is 11.2 Å². The van der Waals surface area contributed by atoms with E-state index in [9.17, 15) is 5.11 Å². The monoisotopic (exact) mass is 452 g/mol. The Morgan fingerprint density at radius 2 is 1.81 bits per heavy atom. The van der Waals surface area contributed by atoms with Crippen molar-refractivity contribution < 1.29 is 19.3 Å². The molecule has 4 N–H and O–H groups in total. The number of aliphatic hydroxyl groups is 1. The van der Waals surface area contributed by atoms with E-state index in [1.165, 1.54) is 18.4 Å². The molecule has 0 aromatic heterocycles. The Bertz CT molecular complexity index is 611. The second-order valence-electron chi connectivity index (χ2n) is 9.31. The normalized spacial score (nSPS) is 15.4. The topological polar surface area (TPSA) is 86.0 Å². The molecule has 6 nitrogen and oxygen atoms in total. The molecule has 0 bridgehead atoms. The van der Waals surface area contributed by atoms with E-state index in [0.717, 1.165) is 37.2 Å². The Balaban J connectivity index is 2.69. The number of unbranched alkanes of at least 4 members (excludes halogenated alkanes) is 1. The number of hydrogen-bond donors (Lipinski definition) is 3. The largest absolute Gasteiger partial charge is 0.493 e. The van der Waals surface area contributed by atoms with Gasteiger partial charge in [0.05, 0.1) is 19.8 Å². The van der Waals surface area contributed by atoms with E-state index in [1.54, 1.807) is 14.2 Å². The molecule has 1 aromatic carbocycles. The second-order valence-corrected chi connectivity index (χ2v) is 9.31. The van der Waals surface area contributed by atoms with Gasteiger partial charge in [0.1, 0.15) is 0 Å². The van der Waals surface area contributed by atoms with Crippen LogP contribution in [0.25, 0.3) is 0 Å². The lowest BCUT2D eigenvalue weighted by molar-refractivity contribution is 0.121. The van der Waals surface area contributed by atoms with Gasteiger partial charge >= 0.3 is 0 Å². The number of aliphatic hydroxyl groups excluding tert-OH is 1. The highest BCUT2D eigenvalue weighted by Crippen LogP contribution is 2.31. The Hall–Kier alpha value is -1.34. The first-order valence-corrected chi connectivity index (χ1v) is 12.3. The summed E-state index contributed by atoms with van der Waals surface area (Å²) in [5.41, 5.74) is 7.61. The van der Waals surface area contributed by atoms with Gasteiger partial charge in [-0.3, -0.25) is 0 Å². The van der Waals surface area contributed by atoms with Crippen molar-refractivity contribution in [3.8, 4) is 11.5 Å². The van der Waals surface area contributed by atoms with Gasteiger partial charge in [0, 0.05) is 38.8 Å². The smallest absolute Gasteiger partial charge is 0.161 e. The van der Waals surface area contributed by atoms with Gasteiger partial charge in [-0.15, -0.1) is 0 Å². The van der Waals surface area contributed by atoms with E-state index in [0.29, 0.717) is 37.6 Å². The number of rotatable bonds is 18. The van der Waals surface area contributed by atoms with Gasteiger partial charge in [-0.1, -0.05) is 39.7 Å². The zero-order valence-corrected chi connectivity index (χ0v) is 21.2. The molecule has 0 saturated heterocycles. The van der Waals surface area contributed by atoms with Crippen LogP contribution in [0.4, 0.5) is 0 Å². The molecular weight excluding hydrogens is 404 g/mol. The fourth-order valence-electron chi connectivity index (χ4n) is 3.83. The number of nitrogens with two attached hydrogens (primary N) is 1. The second kappa shape index (κ2) is 16.3. The van der Waals surface area contributed by atoms with Gasteiger partial charge in [-0.2, -0.15) is 0 Å². The molecule has 1 aromatic rings. The molecular formula is C26H48N2O4. The molecule has 0 unspecified atom stereocenters. The molecule has 0 spiro atoms. The molecule has 0 amide bonds. The van der Waals surface area contributed by atoms with E-state index < -0.39 is 6.10 Å². The Morgan fingerprint density at radius 1 is 1.06 bits per heavy atom. The number of benzene rings is 1. The third-order valence-electron chi connectivity index (χ3n) is 6.15. The highest BCUT2D eigenvalue weighted by atomic mass is 16.5. The van der Waals surface area contributed by atoms with E-state index in [2.05, 4.69) is 45.1 Å². The predicted molar refractivity (Wildman–Crippen MR) is 133 cm³/mol. The van der Waals surface area contributed by atoms with Crippen LogP contribution in [0.3, 0.4) is 0 Å². The van der Waals surface area contributed by atoms with Crippen LogP contribution in [0, 0.1) is 11.8 Å². The molecule has 6 heteroatoms. The van der Waals surface area contributed by atoms with E-state index in [1.807, 2.05) is 6.07 Å². The number of ether oxygens (including phenoxy) is 3. The zero-order valence-electron chi connectivity index (χ0n) is 21.2. The lowest BCUT2D eigenvalue weighted by Gasteiger charge is -2.28. The summed E-state index contributed by atoms with van der Waals surface area (Å²) in [5.74, 6) is 2.32. The maximum absolute atomic E-state index is 10.6. The molecule has 0 aliphatic rings. The third-order valence-corrected chi connectivity index (χ3v) is 6.15. The Labute approximate surface area is 196 Å². The minimum absolute atomic E-state index is 0.253. The fraction of sp³-hybridized carbons (Fsp3) is 0.769. The van der Waals surface area contributed by atoms with Gasteiger partial charge in [-0.25, -0.2) is 0 Å². The first kappa shape index (κ1) is 28.7. The van der Waals surface area contributed by atoms with Gasteiger partial charge in [0.2, 0.25) is 0 Å². The quantitative estimate of drug-likeness (QED) is 0.290. The zero-order chi connectivity index (χ0) is 23.9. The van der Waals surface area contributed by atoms with Crippen LogP contribution in [-0.4, -0.2) is 57.3 Å². The van der Waals surface area contributed by atoms with Crippen LogP contribution in [0.15, 0.2) is 18.2 Å². The van der Waals surface area contributed by atoms with Crippen LogP contribution in [0.2, 0.25) is 0 Å². The molecule has 1 rings (SSSR count). The molecule has 186 valence electrons. The minimum atomic E-state index is -0.545. The van der Waals surface area contributed by atoms with E-state index in [4.69, 9.17) is 19.9 Å². The van der Waals surface area contributed by atoms with Crippen molar-refractivity contribution in [3.63, 3.8) is 0 Å². The van der Waals surface area contributed by atoms with Crippen molar-refractivity contribution in [2.24, 2.45) is 17.6 Å². The fourth-order valence-corrected chi connectivity index (χ4v) is 3.83. The minimum Gasteiger partial charge on any atom is -0.493 e. The molecule has 0 aliphatic carbocycles. The van der Waals surface area contributed by atoms with Gasteiger partial charge in [-0.05, 0) is 55.7 Å². The van der Waals surface area contributed by atoms with Gasteiger partial charge in [0.15, 0.2) is 11.5 Å². The average Bonchev–Trinajstić information content (AvgIpc) is 2.78. The van der Waals surface area contributed by atoms with Crippen molar-refractivity contribution in [3.05, 3.63) is 23.8 Å². The van der Waals surface area contributed by atoms with Gasteiger partial charge < -0.3 is 30.4 Å². The molecule has 0 fully saturated rings. The average molecular weight is 453 g/mol. The summed E-state index contributed by atoms with van der Waals surface area (Å²) in [6.07, 6.45) is 5.46. The highest BCUT2D eigenvalue weighted by molar-refractivity contribution is 5.43. The SMILES string of the molecule is CCCC[C@@H](C)NC[C@H](O)[C@@H](N)C[C@H](Cc1ccc(OC)c(OCCCOC)c1)C(C)C. The lowest BCUT2D eigenvalue weighted by atomic mass is 9.83.